The average molecular weight is 245 g/mol. The lowest BCUT2D eigenvalue weighted by atomic mass is 10.4. The number of hydrogen-bond acceptors (Lipinski definition) is 1. The van der Waals surface area contributed by atoms with Gasteiger partial charge in [0.2, 0.25) is 0 Å². The van der Waals surface area contributed by atoms with Gasteiger partial charge >= 0.3 is 0 Å². The Morgan fingerprint density at radius 2 is 1.33 bits per heavy atom. The maximum absolute atomic E-state index is 2.81. The first-order valence-corrected chi connectivity index (χ1v) is 11.8. The predicted molar refractivity (Wildman–Crippen MR) is 76.3 cm³/mol. The molecular weight excluding hydrogens is 214 g/mol. The first-order chi connectivity index (χ1) is 6.93. The molecule has 91 valence electrons. The Hall–Kier alpha value is 0.394. The van der Waals surface area contributed by atoms with Crippen LogP contribution < -0.4 is 0 Å². The highest BCUT2D eigenvalue weighted by molar-refractivity contribution is 6.83. The molecule has 0 fully saturated rings. The number of hydrogen-bond donors (Lipinski definition) is 0. The van der Waals surface area contributed by atoms with Crippen LogP contribution in [-0.2, 0) is 0 Å². The average Bonchev–Trinajstić information content (AvgIpc) is 2.16. The van der Waals surface area contributed by atoms with Gasteiger partial charge in [0.25, 0.3) is 0 Å². The summed E-state index contributed by atoms with van der Waals surface area (Å²) in [6.45, 7) is 12.1. The van der Waals surface area contributed by atoms with Gasteiger partial charge in [0.1, 0.15) is 17.2 Å². The van der Waals surface area contributed by atoms with Crippen molar-refractivity contribution in [3.63, 3.8) is 0 Å². The molecule has 15 heavy (non-hydrogen) atoms. The van der Waals surface area contributed by atoms with E-state index in [4.69, 9.17) is 0 Å². The van der Waals surface area contributed by atoms with Crippen molar-refractivity contribution in [2.45, 2.75) is 71.3 Å². The van der Waals surface area contributed by atoms with Crippen molar-refractivity contribution in [2.75, 3.05) is 7.05 Å². The Morgan fingerprint density at radius 1 is 0.933 bits per heavy atom. The molecule has 0 aromatic rings. The zero-order valence-electron chi connectivity index (χ0n) is 11.7. The molecule has 0 bridgehead atoms. The van der Waals surface area contributed by atoms with Crippen molar-refractivity contribution in [2.24, 2.45) is 0 Å². The third kappa shape index (κ3) is 6.53. The van der Waals surface area contributed by atoms with Gasteiger partial charge in [-0.25, -0.2) is 0 Å². The molecule has 1 radical (unpaired) electrons. The van der Waals surface area contributed by atoms with E-state index in [1.165, 1.54) is 37.8 Å². The molecule has 0 N–H and O–H groups in total. The summed E-state index contributed by atoms with van der Waals surface area (Å²) in [4.78, 5) is 0. The Kier molecular flexibility index (Phi) is 7.83. The summed E-state index contributed by atoms with van der Waals surface area (Å²) in [5.41, 5.74) is 0. The summed E-state index contributed by atoms with van der Waals surface area (Å²) in [5.74, 6) is 0. The lowest BCUT2D eigenvalue weighted by Crippen LogP contribution is -2.51. The fourth-order valence-corrected chi connectivity index (χ4v) is 8.61. The van der Waals surface area contributed by atoms with Crippen LogP contribution in [0.5, 0.6) is 0 Å². The number of unbranched alkanes of at least 4 members (excludes halogenated alkanes) is 2. The van der Waals surface area contributed by atoms with E-state index in [9.17, 15) is 0 Å². The molecule has 1 nitrogen and oxygen atoms in total. The van der Waals surface area contributed by atoms with Gasteiger partial charge in [-0.05, 0) is 19.1 Å². The maximum Gasteiger partial charge on any atom is 0.129 e. The van der Waals surface area contributed by atoms with Crippen molar-refractivity contribution >= 4 is 17.2 Å². The van der Waals surface area contributed by atoms with Crippen LogP contribution >= 0.6 is 0 Å². The molecule has 0 aromatic carbocycles. The second kappa shape index (κ2) is 7.63. The van der Waals surface area contributed by atoms with Crippen molar-refractivity contribution < 1.29 is 0 Å². The quantitative estimate of drug-likeness (QED) is 0.574. The van der Waals surface area contributed by atoms with E-state index in [0.717, 1.165) is 0 Å². The van der Waals surface area contributed by atoms with Crippen LogP contribution in [0.4, 0.5) is 0 Å². The fourth-order valence-electron chi connectivity index (χ4n) is 1.70. The van der Waals surface area contributed by atoms with Crippen LogP contribution in [0.3, 0.4) is 0 Å². The fraction of sp³-hybridized carbons (Fsp3) is 1.00. The van der Waals surface area contributed by atoms with Gasteiger partial charge in [0.05, 0.1) is 0 Å². The van der Waals surface area contributed by atoms with Gasteiger partial charge in [-0.15, -0.1) is 0 Å². The van der Waals surface area contributed by atoms with Crippen LogP contribution in [0.1, 0.15) is 39.5 Å². The summed E-state index contributed by atoms with van der Waals surface area (Å²) in [7, 11) is 1.14. The predicted octanol–water partition coefficient (Wildman–Crippen LogP) is 4.34. The van der Waals surface area contributed by atoms with Crippen LogP contribution in [0.25, 0.3) is 0 Å². The maximum atomic E-state index is 2.81. The van der Waals surface area contributed by atoms with Crippen LogP contribution in [0.15, 0.2) is 0 Å². The minimum absolute atomic E-state index is 0.210. The monoisotopic (exact) mass is 244 g/mol. The molecule has 0 unspecified atom stereocenters. The largest absolute Gasteiger partial charge is 0.349 e. The second-order valence-corrected chi connectivity index (χ2v) is 13.8. The molecule has 0 saturated heterocycles. The lowest BCUT2D eigenvalue weighted by molar-refractivity contribution is 0.720. The Labute approximate surface area is 100 Å². The van der Waals surface area contributed by atoms with Crippen molar-refractivity contribution in [3.05, 3.63) is 0 Å². The SMILES string of the molecule is CCCC[Si](CCCC)N(C)[Si](C)(C)C. The van der Waals surface area contributed by atoms with E-state index in [1.54, 1.807) is 0 Å². The van der Waals surface area contributed by atoms with E-state index >= 15 is 0 Å². The molecule has 0 aromatic heterocycles. The van der Waals surface area contributed by atoms with Gasteiger partial charge < -0.3 is 4.23 Å². The molecule has 0 rings (SSSR count). The van der Waals surface area contributed by atoms with E-state index in [0.29, 0.717) is 0 Å². The molecule has 0 atom stereocenters. The third-order valence-electron chi connectivity index (χ3n) is 3.12. The second-order valence-electron chi connectivity index (χ2n) is 5.50. The van der Waals surface area contributed by atoms with E-state index < -0.39 is 8.24 Å². The summed E-state index contributed by atoms with van der Waals surface area (Å²) < 4.78 is 2.81. The topological polar surface area (TPSA) is 3.24 Å². The summed E-state index contributed by atoms with van der Waals surface area (Å²) >= 11 is 0. The highest BCUT2D eigenvalue weighted by Gasteiger charge is 2.27. The summed E-state index contributed by atoms with van der Waals surface area (Å²) in [6, 6.07) is 3.00. The molecule has 0 aliphatic rings. The Morgan fingerprint density at radius 3 is 1.60 bits per heavy atom. The van der Waals surface area contributed by atoms with Gasteiger partial charge in [-0.2, -0.15) is 0 Å². The van der Waals surface area contributed by atoms with Gasteiger partial charge in [-0.1, -0.05) is 59.2 Å². The van der Waals surface area contributed by atoms with Crippen LogP contribution in [0.2, 0.25) is 31.7 Å². The molecule has 0 spiro atoms. The minimum atomic E-state index is -1.05. The van der Waals surface area contributed by atoms with Crippen molar-refractivity contribution in [1.29, 1.82) is 0 Å². The summed E-state index contributed by atoms with van der Waals surface area (Å²) in [6.07, 6.45) is 5.60. The molecule has 3 heteroatoms. The van der Waals surface area contributed by atoms with Crippen molar-refractivity contribution in [3.8, 4) is 0 Å². The van der Waals surface area contributed by atoms with E-state index in [1.807, 2.05) is 0 Å². The van der Waals surface area contributed by atoms with Gasteiger partial charge in [0.15, 0.2) is 0 Å². The zero-order valence-corrected chi connectivity index (χ0v) is 13.7. The van der Waals surface area contributed by atoms with Crippen LogP contribution in [-0.4, -0.2) is 28.5 Å². The van der Waals surface area contributed by atoms with E-state index in [2.05, 4.69) is 44.8 Å². The molecular formula is C12H30NSi2. The zero-order chi connectivity index (χ0) is 11.9. The molecule has 0 amide bonds. The van der Waals surface area contributed by atoms with Gasteiger partial charge in [0, 0.05) is 0 Å². The molecule has 0 aliphatic heterocycles. The molecule has 0 heterocycles. The first-order valence-electron chi connectivity index (χ1n) is 6.52. The standard InChI is InChI=1S/C12H30NSi2/c1-7-9-11-14(12-10-8-2)13(3)15(4,5)6/h7-12H2,1-6H3. The van der Waals surface area contributed by atoms with E-state index in [-0.39, 0.29) is 8.96 Å². The normalized spacial score (nSPS) is 12.8. The Balaban J connectivity index is 4.20. The highest BCUT2D eigenvalue weighted by atomic mass is 28.4. The lowest BCUT2D eigenvalue weighted by Gasteiger charge is -2.36. The number of rotatable bonds is 8. The highest BCUT2D eigenvalue weighted by Crippen LogP contribution is 2.18. The third-order valence-corrected chi connectivity index (χ3v) is 10.9. The molecule has 0 aliphatic carbocycles. The summed E-state index contributed by atoms with van der Waals surface area (Å²) in [5, 5.41) is 0. The minimum Gasteiger partial charge on any atom is -0.349 e. The smallest absolute Gasteiger partial charge is 0.129 e. The van der Waals surface area contributed by atoms with Gasteiger partial charge in [-0.3, -0.25) is 0 Å². The van der Waals surface area contributed by atoms with Crippen LogP contribution in [0, 0.1) is 0 Å². The first kappa shape index (κ1) is 15.4. The molecule has 0 saturated carbocycles. The van der Waals surface area contributed by atoms with Crippen molar-refractivity contribution in [1.82, 2.24) is 4.23 Å². The number of nitrogens with zero attached hydrogens (tertiary/aromatic N) is 1. The Bertz CT molecular complexity index is 146.